The van der Waals surface area contributed by atoms with Crippen LogP contribution in [0.4, 0.5) is 0 Å². The molecule has 0 aliphatic carbocycles. The highest BCUT2D eigenvalue weighted by molar-refractivity contribution is 5.63. The second-order valence-corrected chi connectivity index (χ2v) is 3.93. The van der Waals surface area contributed by atoms with E-state index in [4.69, 9.17) is 9.84 Å². The molecule has 0 spiro atoms. The second-order valence-electron chi connectivity index (χ2n) is 3.93. The summed E-state index contributed by atoms with van der Waals surface area (Å²) >= 11 is 0. The van der Waals surface area contributed by atoms with Crippen molar-refractivity contribution in [3.05, 3.63) is 36.0 Å². The van der Waals surface area contributed by atoms with E-state index in [2.05, 4.69) is 5.10 Å². The molecular formula is C13H16N2O2. The van der Waals surface area contributed by atoms with E-state index < -0.39 is 0 Å². The van der Waals surface area contributed by atoms with Gasteiger partial charge in [-0.25, -0.2) is 0 Å². The zero-order valence-electron chi connectivity index (χ0n) is 10.1. The number of hydrogen-bond donors (Lipinski definition) is 1. The number of ether oxygens (including phenoxy) is 1. The molecule has 0 radical (unpaired) electrons. The molecule has 0 bridgehead atoms. The predicted octanol–water partition coefficient (Wildman–Crippen LogP) is 1.77. The van der Waals surface area contributed by atoms with Gasteiger partial charge in [0, 0.05) is 18.8 Å². The van der Waals surface area contributed by atoms with E-state index in [-0.39, 0.29) is 6.61 Å². The van der Waals surface area contributed by atoms with Crippen LogP contribution in [0.25, 0.3) is 11.3 Å². The minimum absolute atomic E-state index is 0.0289. The molecule has 1 N–H and O–H groups in total. The molecule has 1 heterocycles. The van der Waals surface area contributed by atoms with E-state index in [1.54, 1.807) is 4.68 Å². The average Bonchev–Trinajstić information content (AvgIpc) is 2.66. The number of hydrogen-bond acceptors (Lipinski definition) is 3. The van der Waals surface area contributed by atoms with Crippen molar-refractivity contribution in [3.63, 3.8) is 0 Å². The van der Waals surface area contributed by atoms with Crippen LogP contribution in [0.3, 0.4) is 0 Å². The maximum atomic E-state index is 8.66. The molecule has 4 heteroatoms. The molecule has 17 heavy (non-hydrogen) atoms. The van der Waals surface area contributed by atoms with Crippen molar-refractivity contribution in [1.82, 2.24) is 9.78 Å². The fourth-order valence-electron chi connectivity index (χ4n) is 1.76. The predicted molar refractivity (Wildman–Crippen MR) is 66.0 cm³/mol. The van der Waals surface area contributed by atoms with Gasteiger partial charge in [-0.2, -0.15) is 5.10 Å². The normalized spacial score (nSPS) is 10.5. The number of aliphatic hydroxyl groups is 1. The van der Waals surface area contributed by atoms with Gasteiger partial charge in [0.2, 0.25) is 0 Å². The summed E-state index contributed by atoms with van der Waals surface area (Å²) in [6.07, 6.45) is 1.99. The van der Waals surface area contributed by atoms with Crippen molar-refractivity contribution in [3.8, 4) is 17.0 Å². The molecule has 0 amide bonds. The summed E-state index contributed by atoms with van der Waals surface area (Å²) < 4.78 is 7.11. The fourth-order valence-corrected chi connectivity index (χ4v) is 1.76. The first kappa shape index (κ1) is 11.7. The lowest BCUT2D eigenvalue weighted by Gasteiger charge is -2.04. The van der Waals surface area contributed by atoms with Crippen LogP contribution >= 0.6 is 0 Å². The highest BCUT2D eigenvalue weighted by Crippen LogP contribution is 2.23. The lowest BCUT2D eigenvalue weighted by molar-refractivity contribution is 0.201. The van der Waals surface area contributed by atoms with Gasteiger partial charge in [-0.05, 0) is 36.8 Å². The SMILES string of the molecule is Cc1cn(C)nc1-c1ccc(OCCO)cc1. The van der Waals surface area contributed by atoms with Crippen molar-refractivity contribution in [2.24, 2.45) is 7.05 Å². The summed E-state index contributed by atoms with van der Waals surface area (Å²) in [6.45, 7) is 2.39. The van der Waals surface area contributed by atoms with E-state index in [1.165, 1.54) is 0 Å². The Balaban J connectivity index is 2.20. The van der Waals surface area contributed by atoms with Gasteiger partial charge in [-0.15, -0.1) is 0 Å². The quantitative estimate of drug-likeness (QED) is 0.873. The monoisotopic (exact) mass is 232 g/mol. The van der Waals surface area contributed by atoms with Gasteiger partial charge in [-0.1, -0.05) is 0 Å². The first-order valence-electron chi connectivity index (χ1n) is 5.55. The zero-order valence-corrected chi connectivity index (χ0v) is 10.1. The number of aryl methyl sites for hydroxylation is 2. The summed E-state index contributed by atoms with van der Waals surface area (Å²) in [7, 11) is 1.91. The molecule has 0 saturated heterocycles. The number of nitrogens with zero attached hydrogens (tertiary/aromatic N) is 2. The van der Waals surface area contributed by atoms with Gasteiger partial charge in [0.25, 0.3) is 0 Å². The van der Waals surface area contributed by atoms with Crippen LogP contribution in [0.5, 0.6) is 5.75 Å². The lowest BCUT2D eigenvalue weighted by Crippen LogP contribution is -2.01. The Bertz CT molecular complexity index is 489. The molecule has 0 saturated carbocycles. The molecular weight excluding hydrogens is 216 g/mol. The molecule has 1 aromatic carbocycles. The summed E-state index contributed by atoms with van der Waals surface area (Å²) in [5.41, 5.74) is 3.21. The van der Waals surface area contributed by atoms with Crippen molar-refractivity contribution in [2.45, 2.75) is 6.92 Å². The summed E-state index contributed by atoms with van der Waals surface area (Å²) in [5, 5.41) is 13.1. The summed E-state index contributed by atoms with van der Waals surface area (Å²) in [6, 6.07) is 7.72. The van der Waals surface area contributed by atoms with E-state index in [1.807, 2.05) is 44.4 Å². The Labute approximate surface area is 100 Å². The third-order valence-electron chi connectivity index (χ3n) is 2.50. The molecule has 0 aliphatic rings. The molecule has 0 atom stereocenters. The average molecular weight is 232 g/mol. The molecule has 2 aromatic rings. The minimum atomic E-state index is 0.0289. The highest BCUT2D eigenvalue weighted by atomic mass is 16.5. The Morgan fingerprint density at radius 1 is 1.29 bits per heavy atom. The van der Waals surface area contributed by atoms with Crippen LogP contribution in [-0.4, -0.2) is 28.1 Å². The Morgan fingerprint density at radius 2 is 2.00 bits per heavy atom. The summed E-state index contributed by atoms with van der Waals surface area (Å²) in [5.74, 6) is 0.761. The van der Waals surface area contributed by atoms with E-state index in [9.17, 15) is 0 Å². The Morgan fingerprint density at radius 3 is 2.53 bits per heavy atom. The van der Waals surface area contributed by atoms with Gasteiger partial charge >= 0.3 is 0 Å². The van der Waals surface area contributed by atoms with E-state index in [0.717, 1.165) is 22.6 Å². The number of benzene rings is 1. The maximum Gasteiger partial charge on any atom is 0.119 e. The second kappa shape index (κ2) is 5.01. The van der Waals surface area contributed by atoms with E-state index in [0.29, 0.717) is 6.61 Å². The van der Waals surface area contributed by atoms with Crippen molar-refractivity contribution in [1.29, 1.82) is 0 Å². The van der Waals surface area contributed by atoms with Gasteiger partial charge in [-0.3, -0.25) is 4.68 Å². The molecule has 0 fully saturated rings. The smallest absolute Gasteiger partial charge is 0.119 e. The molecule has 0 aliphatic heterocycles. The summed E-state index contributed by atoms with van der Waals surface area (Å²) in [4.78, 5) is 0. The third-order valence-corrected chi connectivity index (χ3v) is 2.50. The molecule has 4 nitrogen and oxygen atoms in total. The third kappa shape index (κ3) is 2.65. The largest absolute Gasteiger partial charge is 0.491 e. The van der Waals surface area contributed by atoms with Crippen LogP contribution in [0.1, 0.15) is 5.56 Å². The molecule has 90 valence electrons. The standard InChI is InChI=1S/C13H16N2O2/c1-10-9-15(2)14-13(10)11-3-5-12(6-4-11)17-8-7-16/h3-6,9,16H,7-8H2,1-2H3. The molecule has 1 aromatic heterocycles. The van der Waals surface area contributed by atoms with Gasteiger partial charge in [0.05, 0.1) is 12.3 Å². The number of aromatic nitrogens is 2. The maximum absolute atomic E-state index is 8.66. The van der Waals surface area contributed by atoms with Crippen LogP contribution in [-0.2, 0) is 7.05 Å². The topological polar surface area (TPSA) is 47.3 Å². The Kier molecular flexibility index (Phi) is 3.44. The van der Waals surface area contributed by atoms with Gasteiger partial charge < -0.3 is 9.84 Å². The highest BCUT2D eigenvalue weighted by Gasteiger charge is 2.06. The van der Waals surface area contributed by atoms with Crippen molar-refractivity contribution in [2.75, 3.05) is 13.2 Å². The van der Waals surface area contributed by atoms with Crippen molar-refractivity contribution >= 4 is 0 Å². The van der Waals surface area contributed by atoms with Crippen LogP contribution < -0.4 is 4.74 Å². The van der Waals surface area contributed by atoms with Crippen LogP contribution in [0, 0.1) is 6.92 Å². The van der Waals surface area contributed by atoms with Crippen molar-refractivity contribution < 1.29 is 9.84 Å². The lowest BCUT2D eigenvalue weighted by atomic mass is 10.1. The van der Waals surface area contributed by atoms with Gasteiger partial charge in [0.1, 0.15) is 12.4 Å². The fraction of sp³-hybridized carbons (Fsp3) is 0.308. The zero-order chi connectivity index (χ0) is 12.3. The van der Waals surface area contributed by atoms with Crippen LogP contribution in [0.15, 0.2) is 30.5 Å². The number of aliphatic hydroxyl groups excluding tert-OH is 1. The van der Waals surface area contributed by atoms with Gasteiger partial charge in [0.15, 0.2) is 0 Å². The minimum Gasteiger partial charge on any atom is -0.491 e. The first-order valence-corrected chi connectivity index (χ1v) is 5.55. The molecule has 2 rings (SSSR count). The Hall–Kier alpha value is -1.81. The number of rotatable bonds is 4. The first-order chi connectivity index (χ1) is 8.20. The van der Waals surface area contributed by atoms with E-state index >= 15 is 0 Å². The van der Waals surface area contributed by atoms with Crippen LogP contribution in [0.2, 0.25) is 0 Å². The molecule has 0 unspecified atom stereocenters.